The van der Waals surface area contributed by atoms with Crippen LogP contribution in [0.1, 0.15) is 78.1 Å². The second-order valence-corrected chi connectivity index (χ2v) is 22.4. The summed E-state index contributed by atoms with van der Waals surface area (Å²) < 4.78 is 64.6. The van der Waals surface area contributed by atoms with E-state index in [0.717, 1.165) is 44.9 Å². The first-order valence-electron chi connectivity index (χ1n) is 21.0. The van der Waals surface area contributed by atoms with Crippen LogP contribution in [0.3, 0.4) is 0 Å². The van der Waals surface area contributed by atoms with Crippen LogP contribution >= 0.6 is 49.5 Å². The Morgan fingerprint density at radius 3 is 1.40 bits per heavy atom. The first-order valence-corrected chi connectivity index (χ1v) is 26.7. The summed E-state index contributed by atoms with van der Waals surface area (Å²) in [6, 6.07) is 35.6. The average molecular weight is 958 g/mol. The summed E-state index contributed by atoms with van der Waals surface area (Å²) in [4.78, 5) is 2.24. The molecule has 10 unspecified atom stereocenters. The van der Waals surface area contributed by atoms with E-state index in [1.807, 2.05) is 97.1 Å². The number of benzene rings is 4. The zero-order chi connectivity index (χ0) is 43.6. The monoisotopic (exact) mass is 956 g/mol. The van der Waals surface area contributed by atoms with Crippen molar-refractivity contribution in [2.24, 2.45) is 23.7 Å². The van der Waals surface area contributed by atoms with Gasteiger partial charge in [0.25, 0.3) is 0 Å². The zero-order valence-corrected chi connectivity index (χ0v) is 42.8. The van der Waals surface area contributed by atoms with Crippen LogP contribution in [0.15, 0.2) is 119 Å². The minimum atomic E-state index is -3.74. The fourth-order valence-corrected chi connectivity index (χ4v) is 12.4. The van der Waals surface area contributed by atoms with Gasteiger partial charge in [-0.1, -0.05) is 150 Å². The number of halogens is 1. The van der Waals surface area contributed by atoms with Crippen molar-refractivity contribution in [2.45, 2.75) is 126 Å². The number of phosphoric ester groups is 1. The second kappa shape index (κ2) is 24.7. The normalized spacial score (nSPS) is 29.9. The van der Waals surface area contributed by atoms with Crippen LogP contribution in [-0.4, -0.2) is 40.4 Å². The number of hydrogen-bond donors (Lipinski definition) is 1. The Hall–Kier alpha value is -0.990. The number of thioether (sulfide) groups is 2. The van der Waals surface area contributed by atoms with E-state index in [0.29, 0.717) is 5.92 Å². The largest absolute Gasteiger partial charge is 1.00 e. The molecule has 10 atom stereocenters. The van der Waals surface area contributed by atoms with Crippen LogP contribution in [0.5, 0.6) is 0 Å². The summed E-state index contributed by atoms with van der Waals surface area (Å²) in [5.74, 6) is 1.10. The van der Waals surface area contributed by atoms with E-state index in [-0.39, 0.29) is 98.2 Å². The molecule has 4 aliphatic rings. The molecule has 4 aliphatic heterocycles. The standard InChI is InChI=1S/C23H29O5PS.C15H22O2S.C8H8ClO3P.Na.H/c1-4-21-16(2)17(3)22(23(27-21)30-20-12-6-5-7-13-20)28-29(24)25-14-18-10-8-9-11-19(18)15-26-29;1-4-13-10(2)11(3)14(16)15(17-13)18-12-8-6-5-7-9-12;9-13(10)11-5-7-3-1-2-4-8(7)6-12-13;;/h5-13,16-17,21-23H,4,14-15H2,1-3H3;5-11,13-16H,4H2,1-3H3;1-4H,5-6H2;;/q;;;+1;-1. The van der Waals surface area contributed by atoms with E-state index in [4.69, 9.17) is 43.3 Å². The number of aliphatic hydroxyl groups is 1. The molecule has 0 bridgehead atoms. The quantitative estimate of drug-likeness (QED) is 0.134. The van der Waals surface area contributed by atoms with Crippen molar-refractivity contribution in [3.63, 3.8) is 0 Å². The minimum absolute atomic E-state index is 0. The summed E-state index contributed by atoms with van der Waals surface area (Å²) in [6.45, 7) is 10.5. The first kappa shape index (κ1) is 52.0. The number of ether oxygens (including phenoxy) is 2. The van der Waals surface area contributed by atoms with Gasteiger partial charge in [0, 0.05) is 21.0 Å². The minimum Gasteiger partial charge on any atom is -1.00 e. The number of hydrogen-bond acceptors (Lipinski definition) is 12. The predicted octanol–water partition coefficient (Wildman–Crippen LogP) is 10.2. The van der Waals surface area contributed by atoms with Crippen molar-refractivity contribution in [3.8, 4) is 0 Å². The van der Waals surface area contributed by atoms with Gasteiger partial charge in [0.15, 0.2) is 0 Å². The van der Waals surface area contributed by atoms with E-state index >= 15 is 0 Å². The van der Waals surface area contributed by atoms with Crippen molar-refractivity contribution in [1.29, 1.82) is 0 Å². The van der Waals surface area contributed by atoms with Gasteiger partial charge in [0.2, 0.25) is 0 Å². The van der Waals surface area contributed by atoms with Crippen LogP contribution in [0.4, 0.5) is 0 Å². The third-order valence-corrected chi connectivity index (χ3v) is 17.0. The van der Waals surface area contributed by atoms with Gasteiger partial charge in [0.05, 0.1) is 44.7 Å². The van der Waals surface area contributed by atoms with E-state index in [1.165, 1.54) is 0 Å². The maximum atomic E-state index is 13.5. The first-order chi connectivity index (χ1) is 29.3. The van der Waals surface area contributed by atoms with Gasteiger partial charge in [-0.3, -0.25) is 22.6 Å². The molecule has 16 heteroatoms. The molecular weight excluding hydrogens is 897 g/mol. The fraction of sp³-hybridized carbons (Fsp3) is 0.478. The zero-order valence-electron chi connectivity index (χ0n) is 37.6. The molecular formula is C46H60ClNaO10P2S2. The summed E-state index contributed by atoms with van der Waals surface area (Å²) >= 11 is 8.70. The van der Waals surface area contributed by atoms with Gasteiger partial charge >= 0.3 is 44.3 Å². The summed E-state index contributed by atoms with van der Waals surface area (Å²) in [6.07, 6.45) is 1.49. The molecule has 0 aliphatic carbocycles. The fourth-order valence-electron chi connectivity index (χ4n) is 7.63. The van der Waals surface area contributed by atoms with Gasteiger partial charge in [-0.15, -0.1) is 0 Å². The van der Waals surface area contributed by atoms with Crippen molar-refractivity contribution in [3.05, 3.63) is 131 Å². The Labute approximate surface area is 404 Å². The molecule has 4 aromatic rings. The maximum Gasteiger partial charge on any atom is 1.00 e. The predicted molar refractivity (Wildman–Crippen MR) is 244 cm³/mol. The second-order valence-electron chi connectivity index (χ2n) is 15.8. The Kier molecular flexibility index (Phi) is 20.7. The van der Waals surface area contributed by atoms with E-state index < -0.39 is 27.0 Å². The average Bonchev–Trinajstić information content (AvgIpc) is 3.55. The van der Waals surface area contributed by atoms with Crippen molar-refractivity contribution in [2.75, 3.05) is 0 Å². The molecule has 0 saturated carbocycles. The SMILES string of the molecule is CCC1OC(Sc2ccccc2)C(O)C(C)C1C.CCC1OC(Sc2ccccc2)C(OP2(=O)OCc3ccccc3CO2)C(C)C1C.O=P1(Cl)OCc2ccccc2CO1.[H-].[Na+]. The molecule has 0 aromatic heterocycles. The molecule has 334 valence electrons. The van der Waals surface area contributed by atoms with Crippen LogP contribution in [0.25, 0.3) is 0 Å². The third kappa shape index (κ3) is 14.3. The van der Waals surface area contributed by atoms with Gasteiger partial charge in [0.1, 0.15) is 17.0 Å². The van der Waals surface area contributed by atoms with E-state index in [2.05, 4.69) is 53.7 Å². The summed E-state index contributed by atoms with van der Waals surface area (Å²) in [5, 5.41) is 10.3. The van der Waals surface area contributed by atoms with Crippen molar-refractivity contribution >= 4 is 49.5 Å². The summed E-state index contributed by atoms with van der Waals surface area (Å²) in [5.41, 5.74) is 3.44. The van der Waals surface area contributed by atoms with Crippen LogP contribution < -0.4 is 29.6 Å². The Morgan fingerprint density at radius 2 is 0.968 bits per heavy atom. The van der Waals surface area contributed by atoms with Crippen LogP contribution in [-0.2, 0) is 67.7 Å². The molecule has 0 spiro atoms. The molecule has 0 radical (unpaired) electrons. The van der Waals surface area contributed by atoms with Gasteiger partial charge < -0.3 is 16.0 Å². The number of fused-ring (bicyclic) bond motifs is 2. The molecule has 10 nitrogen and oxygen atoms in total. The third-order valence-electron chi connectivity index (χ3n) is 11.8. The van der Waals surface area contributed by atoms with Crippen LogP contribution in [0, 0.1) is 23.7 Å². The molecule has 2 fully saturated rings. The Balaban J connectivity index is 0.000000225. The van der Waals surface area contributed by atoms with Gasteiger partial charge in [-0.2, -0.15) is 0 Å². The number of aliphatic hydroxyl groups excluding tert-OH is 1. The topological polar surface area (TPSA) is 119 Å². The Morgan fingerprint density at radius 1 is 0.597 bits per heavy atom. The molecule has 0 amide bonds. The van der Waals surface area contributed by atoms with Crippen molar-refractivity contribution < 1.29 is 77.3 Å². The maximum absolute atomic E-state index is 13.5. The number of phosphoric acid groups is 1. The molecule has 4 aromatic carbocycles. The van der Waals surface area contributed by atoms with E-state index in [9.17, 15) is 14.2 Å². The van der Waals surface area contributed by atoms with Gasteiger partial charge in [-0.05, 0) is 83.0 Å². The molecule has 62 heavy (non-hydrogen) atoms. The molecule has 2 saturated heterocycles. The van der Waals surface area contributed by atoms with Crippen LogP contribution in [0.2, 0.25) is 0 Å². The molecule has 1 N–H and O–H groups in total. The summed E-state index contributed by atoms with van der Waals surface area (Å²) in [7, 11) is -3.74. The van der Waals surface area contributed by atoms with E-state index in [1.54, 1.807) is 23.5 Å². The molecule has 4 heterocycles. The van der Waals surface area contributed by atoms with Crippen molar-refractivity contribution in [1.82, 2.24) is 0 Å². The molecule has 8 rings (SSSR count). The smallest absolute Gasteiger partial charge is 1.00 e. The number of rotatable bonds is 8. The Bertz CT molecular complexity index is 2020. The van der Waals surface area contributed by atoms with Gasteiger partial charge in [-0.25, -0.2) is 9.13 Å².